The van der Waals surface area contributed by atoms with Crippen LogP contribution in [0.1, 0.15) is 31.2 Å². The molecule has 0 bridgehead atoms. The van der Waals surface area contributed by atoms with E-state index >= 15 is 0 Å². The van der Waals surface area contributed by atoms with Crippen LogP contribution in [-0.2, 0) is 0 Å². The Hall–Kier alpha value is -1.10. The van der Waals surface area contributed by atoms with Crippen LogP contribution in [0.15, 0.2) is 4.52 Å². The van der Waals surface area contributed by atoms with Crippen molar-refractivity contribution in [3.8, 4) is 0 Å². The Bertz CT molecular complexity index is 376. The molecule has 3 unspecified atom stereocenters. The molecule has 5 nitrogen and oxygen atoms in total. The van der Waals surface area contributed by atoms with E-state index in [0.717, 1.165) is 18.4 Å². The third-order valence-electron chi connectivity index (χ3n) is 3.84. The van der Waals surface area contributed by atoms with Crippen molar-refractivity contribution in [3.05, 3.63) is 5.89 Å². The molecule has 1 aliphatic heterocycles. The molecule has 2 aliphatic rings. The molecule has 0 amide bonds. The van der Waals surface area contributed by atoms with Gasteiger partial charge in [0.1, 0.15) is 0 Å². The molecule has 0 spiro atoms. The SMILES string of the molecule is CN(C)c1noc(C2NCC3CCCC32)n1. The second-order valence-electron chi connectivity index (χ2n) is 5.07. The van der Waals surface area contributed by atoms with Gasteiger partial charge in [0.05, 0.1) is 6.04 Å². The van der Waals surface area contributed by atoms with Gasteiger partial charge in [0.25, 0.3) is 5.95 Å². The maximum atomic E-state index is 5.35. The van der Waals surface area contributed by atoms with Crippen molar-refractivity contribution in [2.24, 2.45) is 11.8 Å². The van der Waals surface area contributed by atoms with E-state index in [4.69, 9.17) is 4.52 Å². The number of anilines is 1. The van der Waals surface area contributed by atoms with E-state index in [0.29, 0.717) is 11.9 Å². The topological polar surface area (TPSA) is 54.2 Å². The van der Waals surface area contributed by atoms with Crippen molar-refractivity contribution in [1.29, 1.82) is 0 Å². The molecular formula is C11H18N4O. The third-order valence-corrected chi connectivity index (χ3v) is 3.84. The molecule has 1 aromatic heterocycles. The van der Waals surface area contributed by atoms with Crippen LogP contribution in [0.2, 0.25) is 0 Å². The molecule has 88 valence electrons. The van der Waals surface area contributed by atoms with Crippen molar-refractivity contribution in [3.63, 3.8) is 0 Å². The zero-order valence-electron chi connectivity index (χ0n) is 9.81. The van der Waals surface area contributed by atoms with Crippen molar-refractivity contribution in [2.75, 3.05) is 25.5 Å². The quantitative estimate of drug-likeness (QED) is 0.814. The predicted molar refractivity (Wildman–Crippen MR) is 60.2 cm³/mol. The normalized spacial score (nSPS) is 33.0. The van der Waals surface area contributed by atoms with Gasteiger partial charge in [0.15, 0.2) is 0 Å². The van der Waals surface area contributed by atoms with Gasteiger partial charge in [-0.05, 0) is 36.4 Å². The number of aromatic nitrogens is 2. The van der Waals surface area contributed by atoms with Gasteiger partial charge in [-0.25, -0.2) is 0 Å². The molecule has 1 saturated heterocycles. The number of fused-ring (bicyclic) bond motifs is 1. The minimum atomic E-state index is 0.286. The molecular weight excluding hydrogens is 204 g/mol. The van der Waals surface area contributed by atoms with Crippen molar-refractivity contribution in [1.82, 2.24) is 15.5 Å². The number of nitrogens with one attached hydrogen (secondary N) is 1. The van der Waals surface area contributed by atoms with E-state index in [1.807, 2.05) is 19.0 Å². The van der Waals surface area contributed by atoms with Crippen LogP contribution in [0, 0.1) is 11.8 Å². The fourth-order valence-electron chi connectivity index (χ4n) is 2.99. The van der Waals surface area contributed by atoms with Crippen LogP contribution in [0.25, 0.3) is 0 Å². The Kier molecular flexibility index (Phi) is 2.35. The van der Waals surface area contributed by atoms with Crippen molar-refractivity contribution < 1.29 is 4.52 Å². The molecule has 5 heteroatoms. The minimum Gasteiger partial charge on any atom is -0.344 e. The van der Waals surface area contributed by atoms with Gasteiger partial charge in [0, 0.05) is 14.1 Å². The lowest BCUT2D eigenvalue weighted by Crippen LogP contribution is -2.18. The maximum Gasteiger partial charge on any atom is 0.265 e. The number of hydrogen-bond acceptors (Lipinski definition) is 5. The second-order valence-corrected chi connectivity index (χ2v) is 5.07. The van der Waals surface area contributed by atoms with Crippen LogP contribution in [0.5, 0.6) is 0 Å². The minimum absolute atomic E-state index is 0.286. The predicted octanol–water partition coefficient (Wildman–Crippen LogP) is 1.20. The van der Waals surface area contributed by atoms with Gasteiger partial charge in [-0.1, -0.05) is 6.42 Å². The Morgan fingerprint density at radius 1 is 1.38 bits per heavy atom. The summed E-state index contributed by atoms with van der Waals surface area (Å²) < 4.78 is 5.35. The molecule has 2 heterocycles. The lowest BCUT2D eigenvalue weighted by atomic mass is 9.94. The van der Waals surface area contributed by atoms with Crippen LogP contribution in [0.4, 0.5) is 5.95 Å². The van der Waals surface area contributed by atoms with Gasteiger partial charge >= 0.3 is 0 Å². The second kappa shape index (κ2) is 3.73. The van der Waals surface area contributed by atoms with Crippen LogP contribution in [-0.4, -0.2) is 30.8 Å². The van der Waals surface area contributed by atoms with Crippen LogP contribution < -0.4 is 10.2 Å². The van der Waals surface area contributed by atoms with Crippen LogP contribution in [0.3, 0.4) is 0 Å². The van der Waals surface area contributed by atoms with E-state index < -0.39 is 0 Å². The van der Waals surface area contributed by atoms with E-state index in [-0.39, 0.29) is 6.04 Å². The highest BCUT2D eigenvalue weighted by Crippen LogP contribution is 2.43. The van der Waals surface area contributed by atoms with E-state index in [2.05, 4.69) is 15.5 Å². The van der Waals surface area contributed by atoms with Crippen molar-refractivity contribution in [2.45, 2.75) is 25.3 Å². The summed E-state index contributed by atoms with van der Waals surface area (Å²) in [6.45, 7) is 1.11. The summed E-state index contributed by atoms with van der Waals surface area (Å²) >= 11 is 0. The fourth-order valence-corrected chi connectivity index (χ4v) is 2.99. The van der Waals surface area contributed by atoms with Gasteiger partial charge in [0.2, 0.25) is 5.89 Å². The largest absolute Gasteiger partial charge is 0.344 e. The van der Waals surface area contributed by atoms with Crippen molar-refractivity contribution >= 4 is 5.95 Å². The summed E-state index contributed by atoms with van der Waals surface area (Å²) in [6, 6.07) is 0.286. The first kappa shape index (κ1) is 10.1. The summed E-state index contributed by atoms with van der Waals surface area (Å²) in [5, 5.41) is 7.49. The summed E-state index contributed by atoms with van der Waals surface area (Å²) in [7, 11) is 3.85. The number of nitrogens with zero attached hydrogens (tertiary/aromatic N) is 3. The molecule has 1 N–H and O–H groups in total. The van der Waals surface area contributed by atoms with E-state index in [1.165, 1.54) is 19.3 Å². The van der Waals surface area contributed by atoms with Gasteiger partial charge in [-0.2, -0.15) is 4.98 Å². The summed E-state index contributed by atoms with van der Waals surface area (Å²) in [4.78, 5) is 6.31. The molecule has 3 rings (SSSR count). The third kappa shape index (κ3) is 1.50. The van der Waals surface area contributed by atoms with Gasteiger partial charge in [-0.15, -0.1) is 0 Å². The molecule has 2 fully saturated rings. The Balaban J connectivity index is 1.81. The smallest absolute Gasteiger partial charge is 0.265 e. The fraction of sp³-hybridized carbons (Fsp3) is 0.818. The van der Waals surface area contributed by atoms with E-state index in [9.17, 15) is 0 Å². The Morgan fingerprint density at radius 3 is 3.00 bits per heavy atom. The zero-order valence-corrected chi connectivity index (χ0v) is 9.81. The lowest BCUT2D eigenvalue weighted by Gasteiger charge is -2.13. The maximum absolute atomic E-state index is 5.35. The first-order valence-corrected chi connectivity index (χ1v) is 6.00. The highest BCUT2D eigenvalue weighted by molar-refractivity contribution is 5.24. The first-order valence-electron chi connectivity index (χ1n) is 6.00. The summed E-state index contributed by atoms with van der Waals surface area (Å²) in [6.07, 6.45) is 3.99. The molecule has 0 aromatic carbocycles. The Labute approximate surface area is 95.2 Å². The standard InChI is InChI=1S/C11H18N4O/c1-15(2)11-13-10(16-14-11)9-8-5-3-4-7(8)6-12-9/h7-9,12H,3-6H2,1-2H3. The highest BCUT2D eigenvalue weighted by atomic mass is 16.5. The first-order chi connectivity index (χ1) is 7.75. The summed E-state index contributed by atoms with van der Waals surface area (Å²) in [5.74, 6) is 2.95. The molecule has 0 radical (unpaired) electrons. The molecule has 3 atom stereocenters. The highest BCUT2D eigenvalue weighted by Gasteiger charge is 2.42. The lowest BCUT2D eigenvalue weighted by molar-refractivity contribution is 0.302. The molecule has 1 saturated carbocycles. The molecule has 16 heavy (non-hydrogen) atoms. The zero-order chi connectivity index (χ0) is 11.1. The van der Waals surface area contributed by atoms with E-state index in [1.54, 1.807) is 0 Å². The average molecular weight is 222 g/mol. The Morgan fingerprint density at radius 2 is 2.25 bits per heavy atom. The van der Waals surface area contributed by atoms with Gasteiger partial charge < -0.3 is 14.7 Å². The number of hydrogen-bond donors (Lipinski definition) is 1. The summed E-state index contributed by atoms with van der Waals surface area (Å²) in [5.41, 5.74) is 0. The number of rotatable bonds is 2. The van der Waals surface area contributed by atoms with Crippen LogP contribution >= 0.6 is 0 Å². The molecule has 1 aromatic rings. The monoisotopic (exact) mass is 222 g/mol. The van der Waals surface area contributed by atoms with Gasteiger partial charge in [-0.3, -0.25) is 0 Å². The average Bonchev–Trinajstić information content (AvgIpc) is 2.92. The molecule has 1 aliphatic carbocycles.